The summed E-state index contributed by atoms with van der Waals surface area (Å²) in [5.41, 5.74) is 0.646. The van der Waals surface area contributed by atoms with E-state index >= 15 is 0 Å². The third kappa shape index (κ3) is 2.87. The summed E-state index contributed by atoms with van der Waals surface area (Å²) in [6.45, 7) is 2.71. The zero-order valence-corrected chi connectivity index (χ0v) is 12.0. The number of para-hydroxylation sites is 2. The molecule has 1 aliphatic carbocycles. The molecule has 0 spiro atoms. The Morgan fingerprint density at radius 2 is 2.29 bits per heavy atom. The number of piperidine rings is 1. The van der Waals surface area contributed by atoms with Crippen molar-refractivity contribution in [2.45, 2.75) is 24.8 Å². The molecule has 2 unspecified atom stereocenters. The van der Waals surface area contributed by atoms with Crippen molar-refractivity contribution in [1.82, 2.24) is 4.90 Å². The molecule has 2 fully saturated rings. The second kappa shape index (κ2) is 5.61. The highest BCUT2D eigenvalue weighted by atomic mass is 16.6. The lowest BCUT2D eigenvalue weighted by atomic mass is 9.90. The number of hydrogen-bond donors (Lipinski definition) is 2. The molecule has 3 rings (SSSR count). The summed E-state index contributed by atoms with van der Waals surface area (Å²) in [6.07, 6.45) is 3.24. The highest BCUT2D eigenvalue weighted by molar-refractivity contribution is 5.62. The second-order valence-electron chi connectivity index (χ2n) is 6.25. The molecule has 6 heteroatoms. The van der Waals surface area contributed by atoms with Crippen LogP contribution in [-0.4, -0.2) is 46.7 Å². The van der Waals surface area contributed by atoms with Crippen LogP contribution >= 0.6 is 0 Å². The fourth-order valence-electron chi connectivity index (χ4n) is 3.88. The largest absolute Gasteiger partial charge is 0.395 e. The molecular weight excluding hydrogens is 270 g/mol. The zero-order valence-electron chi connectivity index (χ0n) is 12.0. The normalized spacial score (nSPS) is 28.5. The van der Waals surface area contributed by atoms with Crippen molar-refractivity contribution >= 4 is 11.4 Å². The van der Waals surface area contributed by atoms with Crippen LogP contribution in [0.1, 0.15) is 19.3 Å². The molecule has 2 bridgehead atoms. The summed E-state index contributed by atoms with van der Waals surface area (Å²) in [7, 11) is 0. The van der Waals surface area contributed by atoms with E-state index in [1.807, 2.05) is 6.07 Å². The Morgan fingerprint density at radius 3 is 3.05 bits per heavy atom. The van der Waals surface area contributed by atoms with Crippen LogP contribution in [0.15, 0.2) is 24.3 Å². The number of rotatable bonds is 5. The molecule has 1 aromatic rings. The summed E-state index contributed by atoms with van der Waals surface area (Å²) in [6, 6.07) is 6.84. The first-order valence-electron chi connectivity index (χ1n) is 7.47. The molecule has 1 heterocycles. The Balaban J connectivity index is 1.82. The van der Waals surface area contributed by atoms with Gasteiger partial charge in [-0.15, -0.1) is 0 Å². The maximum absolute atomic E-state index is 11.2. The number of aliphatic hydroxyl groups is 1. The van der Waals surface area contributed by atoms with Crippen molar-refractivity contribution in [2.24, 2.45) is 5.92 Å². The Kier molecular flexibility index (Phi) is 3.82. The van der Waals surface area contributed by atoms with E-state index in [-0.39, 0.29) is 22.8 Å². The van der Waals surface area contributed by atoms with Crippen molar-refractivity contribution in [3.8, 4) is 0 Å². The van der Waals surface area contributed by atoms with Gasteiger partial charge in [0.25, 0.3) is 5.69 Å². The summed E-state index contributed by atoms with van der Waals surface area (Å²) in [4.78, 5) is 13.1. The van der Waals surface area contributed by atoms with Crippen LogP contribution in [0.3, 0.4) is 0 Å². The van der Waals surface area contributed by atoms with E-state index in [0.29, 0.717) is 18.2 Å². The van der Waals surface area contributed by atoms with E-state index in [1.54, 1.807) is 18.2 Å². The number of benzene rings is 1. The van der Waals surface area contributed by atoms with Crippen LogP contribution in [0.25, 0.3) is 0 Å². The van der Waals surface area contributed by atoms with Gasteiger partial charge in [-0.3, -0.25) is 15.0 Å². The number of nitrogens with one attached hydrogen (secondary N) is 1. The van der Waals surface area contributed by atoms with Crippen LogP contribution < -0.4 is 5.32 Å². The Morgan fingerprint density at radius 1 is 1.48 bits per heavy atom. The van der Waals surface area contributed by atoms with Crippen LogP contribution in [0.2, 0.25) is 0 Å². The molecule has 1 saturated heterocycles. The SMILES string of the molecule is O=[N+]([O-])c1ccccc1NC12CCC(CN(CCO)C1)C2. The Hall–Kier alpha value is -1.66. The third-order valence-electron chi connectivity index (χ3n) is 4.67. The standard InChI is InChI=1S/C15H21N3O3/c19-8-7-17-10-12-5-6-15(9-12,11-17)16-13-3-1-2-4-14(13)18(20)21/h1-4,12,16,19H,5-11H2. The lowest BCUT2D eigenvalue weighted by molar-refractivity contribution is -0.384. The highest BCUT2D eigenvalue weighted by Gasteiger charge is 2.45. The van der Waals surface area contributed by atoms with Crippen molar-refractivity contribution in [3.63, 3.8) is 0 Å². The van der Waals surface area contributed by atoms with Gasteiger partial charge in [-0.1, -0.05) is 12.1 Å². The molecule has 1 saturated carbocycles. The average Bonchev–Trinajstić information content (AvgIpc) is 2.74. The second-order valence-corrected chi connectivity index (χ2v) is 6.25. The summed E-state index contributed by atoms with van der Waals surface area (Å²) < 4.78 is 0. The maximum atomic E-state index is 11.2. The molecule has 114 valence electrons. The van der Waals surface area contributed by atoms with E-state index in [4.69, 9.17) is 5.11 Å². The van der Waals surface area contributed by atoms with E-state index in [0.717, 1.165) is 32.4 Å². The van der Waals surface area contributed by atoms with E-state index in [9.17, 15) is 10.1 Å². The summed E-state index contributed by atoms with van der Waals surface area (Å²) in [5.74, 6) is 0.626. The van der Waals surface area contributed by atoms with Gasteiger partial charge in [0.2, 0.25) is 0 Å². The van der Waals surface area contributed by atoms with Crippen molar-refractivity contribution in [2.75, 3.05) is 31.6 Å². The van der Waals surface area contributed by atoms with Gasteiger partial charge in [0, 0.05) is 25.7 Å². The molecule has 2 N–H and O–H groups in total. The predicted molar refractivity (Wildman–Crippen MR) is 80.3 cm³/mol. The minimum Gasteiger partial charge on any atom is -0.395 e. The van der Waals surface area contributed by atoms with E-state index in [2.05, 4.69) is 10.2 Å². The van der Waals surface area contributed by atoms with Crippen molar-refractivity contribution < 1.29 is 10.0 Å². The van der Waals surface area contributed by atoms with Gasteiger partial charge in [-0.2, -0.15) is 0 Å². The minimum atomic E-state index is -0.334. The number of hydrogen-bond acceptors (Lipinski definition) is 5. The molecule has 2 atom stereocenters. The number of anilines is 1. The number of β-amino-alcohol motifs (C(OH)–C–C–N with tert-alkyl or cyclic N) is 1. The number of nitro groups is 1. The molecule has 1 aliphatic heterocycles. The van der Waals surface area contributed by atoms with Crippen LogP contribution in [-0.2, 0) is 0 Å². The number of nitro benzene ring substituents is 1. The predicted octanol–water partition coefficient (Wildman–Crippen LogP) is 1.85. The fourth-order valence-corrected chi connectivity index (χ4v) is 3.88. The number of likely N-dealkylation sites (tertiary alicyclic amines) is 1. The first-order chi connectivity index (χ1) is 10.1. The van der Waals surface area contributed by atoms with Gasteiger partial charge in [-0.05, 0) is 31.2 Å². The lowest BCUT2D eigenvalue weighted by Crippen LogP contribution is -2.52. The highest BCUT2D eigenvalue weighted by Crippen LogP contribution is 2.43. The third-order valence-corrected chi connectivity index (χ3v) is 4.67. The quantitative estimate of drug-likeness (QED) is 0.639. The molecule has 0 aromatic heterocycles. The smallest absolute Gasteiger partial charge is 0.292 e. The first kappa shape index (κ1) is 14.3. The van der Waals surface area contributed by atoms with Gasteiger partial charge in [0.15, 0.2) is 0 Å². The van der Waals surface area contributed by atoms with E-state index < -0.39 is 0 Å². The van der Waals surface area contributed by atoms with Crippen LogP contribution in [0, 0.1) is 16.0 Å². The average molecular weight is 291 g/mol. The molecule has 0 radical (unpaired) electrons. The monoisotopic (exact) mass is 291 g/mol. The summed E-state index contributed by atoms with van der Waals surface area (Å²) in [5, 5.41) is 23.8. The van der Waals surface area contributed by atoms with Crippen molar-refractivity contribution in [1.29, 1.82) is 0 Å². The first-order valence-corrected chi connectivity index (χ1v) is 7.47. The van der Waals surface area contributed by atoms with Gasteiger partial charge in [-0.25, -0.2) is 0 Å². The number of nitrogens with zero attached hydrogens (tertiary/aromatic N) is 2. The van der Waals surface area contributed by atoms with Gasteiger partial charge >= 0.3 is 0 Å². The molecule has 21 heavy (non-hydrogen) atoms. The topological polar surface area (TPSA) is 78.6 Å². The van der Waals surface area contributed by atoms with Gasteiger partial charge in [0.05, 0.1) is 17.1 Å². The lowest BCUT2D eigenvalue weighted by Gasteiger charge is -2.41. The van der Waals surface area contributed by atoms with Crippen LogP contribution in [0.5, 0.6) is 0 Å². The Bertz CT molecular complexity index is 537. The molecule has 2 aliphatic rings. The summed E-state index contributed by atoms with van der Waals surface area (Å²) >= 11 is 0. The fraction of sp³-hybridized carbons (Fsp3) is 0.600. The van der Waals surface area contributed by atoms with Crippen LogP contribution in [0.4, 0.5) is 11.4 Å². The molecular formula is C15H21N3O3. The van der Waals surface area contributed by atoms with E-state index in [1.165, 1.54) is 0 Å². The molecule has 6 nitrogen and oxygen atoms in total. The number of aliphatic hydroxyl groups excluding tert-OH is 1. The minimum absolute atomic E-state index is 0.0931. The maximum Gasteiger partial charge on any atom is 0.292 e. The molecule has 1 aromatic carbocycles. The van der Waals surface area contributed by atoms with Crippen molar-refractivity contribution in [3.05, 3.63) is 34.4 Å². The van der Waals surface area contributed by atoms with Gasteiger partial charge < -0.3 is 10.4 Å². The Labute approximate surface area is 123 Å². The van der Waals surface area contributed by atoms with Gasteiger partial charge in [0.1, 0.15) is 5.69 Å². The number of fused-ring (bicyclic) bond motifs is 2. The zero-order chi connectivity index (χ0) is 14.9. The molecule has 0 amide bonds.